The highest BCUT2D eigenvalue weighted by Crippen LogP contribution is 2.52. The minimum absolute atomic E-state index is 0.203. The van der Waals surface area contributed by atoms with Crippen molar-refractivity contribution >= 4 is 28.1 Å². The quantitative estimate of drug-likeness (QED) is 0.222. The molecule has 0 bridgehead atoms. The summed E-state index contributed by atoms with van der Waals surface area (Å²) in [6.45, 7) is 15.4. The molecular formula is C41H39N3O. The predicted molar refractivity (Wildman–Crippen MR) is 187 cm³/mol. The maximum absolute atomic E-state index is 10.8. The van der Waals surface area contributed by atoms with E-state index in [1.165, 1.54) is 38.9 Å². The van der Waals surface area contributed by atoms with Gasteiger partial charge in [-0.1, -0.05) is 87.9 Å². The van der Waals surface area contributed by atoms with Crippen LogP contribution in [0, 0.1) is 20.8 Å². The van der Waals surface area contributed by atoms with Crippen molar-refractivity contribution in [2.45, 2.75) is 59.8 Å². The third kappa shape index (κ3) is 4.67. The van der Waals surface area contributed by atoms with Gasteiger partial charge in [0.25, 0.3) is 0 Å². The van der Waals surface area contributed by atoms with Crippen LogP contribution in [0.4, 0.5) is 17.2 Å². The van der Waals surface area contributed by atoms with Crippen LogP contribution in [-0.2, 0) is 5.41 Å². The number of benzene rings is 4. The summed E-state index contributed by atoms with van der Waals surface area (Å²) >= 11 is 0. The number of aromatic nitrogens is 2. The molecule has 0 aliphatic carbocycles. The lowest BCUT2D eigenvalue weighted by atomic mass is 9.73. The molecule has 0 fully saturated rings. The van der Waals surface area contributed by atoms with Crippen LogP contribution in [0.1, 0.15) is 67.0 Å². The highest BCUT2D eigenvalue weighted by Gasteiger charge is 2.37. The summed E-state index contributed by atoms with van der Waals surface area (Å²) in [7, 11) is 0. The van der Waals surface area contributed by atoms with E-state index in [4.69, 9.17) is 9.97 Å². The van der Waals surface area contributed by atoms with Gasteiger partial charge in [0, 0.05) is 28.1 Å². The van der Waals surface area contributed by atoms with Crippen LogP contribution in [-0.4, -0.2) is 15.1 Å². The van der Waals surface area contributed by atoms with Gasteiger partial charge < -0.3 is 5.11 Å². The topological polar surface area (TPSA) is 49.2 Å². The number of hydrogen-bond donors (Lipinski definition) is 1. The Morgan fingerprint density at radius 1 is 0.733 bits per heavy atom. The van der Waals surface area contributed by atoms with Gasteiger partial charge in [-0.3, -0.25) is 4.90 Å². The summed E-state index contributed by atoms with van der Waals surface area (Å²) in [5.74, 6) is 1.40. The highest BCUT2D eigenvalue weighted by molar-refractivity contribution is 5.91. The number of anilines is 3. The number of nitrogens with zero attached hydrogens (tertiary/aromatic N) is 3. The van der Waals surface area contributed by atoms with Gasteiger partial charge in [-0.15, -0.1) is 0 Å². The molecule has 1 aliphatic heterocycles. The predicted octanol–water partition coefficient (Wildman–Crippen LogP) is 10.8. The highest BCUT2D eigenvalue weighted by atomic mass is 16.3. The fourth-order valence-electron chi connectivity index (χ4n) is 7.31. The number of fused-ring (bicyclic) bond motifs is 3. The maximum Gasteiger partial charge on any atom is 0.141 e. The first-order valence-electron chi connectivity index (χ1n) is 15.8. The smallest absolute Gasteiger partial charge is 0.141 e. The molecule has 7 rings (SSSR count). The van der Waals surface area contributed by atoms with E-state index in [0.717, 1.165) is 39.4 Å². The zero-order valence-electron chi connectivity index (χ0n) is 27.1. The number of pyridine rings is 2. The van der Waals surface area contributed by atoms with Crippen molar-refractivity contribution in [2.75, 3.05) is 4.90 Å². The first-order valence-corrected chi connectivity index (χ1v) is 15.8. The molecule has 3 heterocycles. The molecule has 1 N–H and O–H groups in total. The Bertz CT molecular complexity index is 2080. The number of aromatic hydroxyl groups is 1. The fourth-order valence-corrected chi connectivity index (χ4v) is 7.31. The third-order valence-electron chi connectivity index (χ3n) is 9.46. The van der Waals surface area contributed by atoms with E-state index in [1.54, 1.807) is 6.07 Å². The molecule has 6 aromatic rings. The van der Waals surface area contributed by atoms with Crippen molar-refractivity contribution in [1.29, 1.82) is 0 Å². The molecular weight excluding hydrogens is 550 g/mol. The van der Waals surface area contributed by atoms with Gasteiger partial charge >= 0.3 is 0 Å². The maximum atomic E-state index is 10.8. The Balaban J connectivity index is 1.39. The minimum Gasteiger partial charge on any atom is -0.506 e. The first kappa shape index (κ1) is 28.8. The van der Waals surface area contributed by atoms with Crippen LogP contribution in [0.25, 0.3) is 33.3 Å². The molecule has 45 heavy (non-hydrogen) atoms. The molecule has 0 saturated carbocycles. The van der Waals surface area contributed by atoms with Gasteiger partial charge in [-0.25, -0.2) is 9.97 Å². The van der Waals surface area contributed by atoms with E-state index < -0.39 is 0 Å². The van der Waals surface area contributed by atoms with Crippen molar-refractivity contribution in [3.63, 3.8) is 0 Å². The van der Waals surface area contributed by atoms with Crippen LogP contribution in [0.5, 0.6) is 5.75 Å². The lowest BCUT2D eigenvalue weighted by Gasteiger charge is -2.41. The summed E-state index contributed by atoms with van der Waals surface area (Å²) in [5, 5.41) is 11.8. The number of hydrogen-bond acceptors (Lipinski definition) is 4. The summed E-state index contributed by atoms with van der Waals surface area (Å²) in [6.07, 6.45) is 2.01. The molecule has 0 amide bonds. The molecule has 4 aromatic carbocycles. The summed E-state index contributed by atoms with van der Waals surface area (Å²) < 4.78 is 0. The van der Waals surface area contributed by atoms with Crippen molar-refractivity contribution < 1.29 is 5.11 Å². The van der Waals surface area contributed by atoms with Crippen LogP contribution in [0.2, 0.25) is 0 Å². The Labute approximate surface area is 266 Å². The van der Waals surface area contributed by atoms with E-state index in [9.17, 15) is 5.11 Å². The van der Waals surface area contributed by atoms with E-state index in [1.807, 2.05) is 12.3 Å². The Morgan fingerprint density at radius 2 is 1.44 bits per heavy atom. The Morgan fingerprint density at radius 3 is 2.16 bits per heavy atom. The van der Waals surface area contributed by atoms with Crippen molar-refractivity contribution in [2.24, 2.45) is 0 Å². The lowest BCUT2D eigenvalue weighted by molar-refractivity contribution is 0.480. The SMILES string of the molecule is Cc1cc(C)c(-c2ccc(N3c4ccccc4C(C)(C)c4ccc(-c5ccc6c(C(C)C)ccc(O)c6n5)cc43)nc2)c(C)c1. The van der Waals surface area contributed by atoms with Crippen LogP contribution >= 0.6 is 0 Å². The normalized spacial score (nSPS) is 13.6. The van der Waals surface area contributed by atoms with Crippen molar-refractivity contribution in [3.05, 3.63) is 131 Å². The molecule has 0 atom stereocenters. The lowest BCUT2D eigenvalue weighted by Crippen LogP contribution is -2.31. The second-order valence-electron chi connectivity index (χ2n) is 13.3. The molecule has 0 spiro atoms. The largest absolute Gasteiger partial charge is 0.506 e. The average molecular weight is 590 g/mol. The molecule has 4 nitrogen and oxygen atoms in total. The third-order valence-corrected chi connectivity index (χ3v) is 9.46. The number of aryl methyl sites for hydroxylation is 3. The number of phenolic OH excluding ortho intramolecular Hbond substituents is 1. The molecule has 1 aliphatic rings. The average Bonchev–Trinajstić information content (AvgIpc) is 3.01. The van der Waals surface area contributed by atoms with E-state index >= 15 is 0 Å². The summed E-state index contributed by atoms with van der Waals surface area (Å²) in [5.41, 5.74) is 14.3. The first-order chi connectivity index (χ1) is 21.5. The minimum atomic E-state index is -0.210. The Hall–Kier alpha value is -4.96. The van der Waals surface area contributed by atoms with E-state index in [-0.39, 0.29) is 11.2 Å². The molecule has 2 aromatic heterocycles. The Kier molecular flexibility index (Phi) is 6.77. The molecule has 4 heteroatoms. The second kappa shape index (κ2) is 10.6. The van der Waals surface area contributed by atoms with Crippen LogP contribution in [0.3, 0.4) is 0 Å². The van der Waals surface area contributed by atoms with Gasteiger partial charge in [0.1, 0.15) is 17.1 Å². The number of phenols is 1. The van der Waals surface area contributed by atoms with E-state index in [0.29, 0.717) is 11.4 Å². The van der Waals surface area contributed by atoms with Crippen LogP contribution in [0.15, 0.2) is 97.2 Å². The van der Waals surface area contributed by atoms with Gasteiger partial charge in [0.05, 0.1) is 17.1 Å². The fraction of sp³-hybridized carbons (Fsp3) is 0.220. The van der Waals surface area contributed by atoms with Gasteiger partial charge in [0.2, 0.25) is 0 Å². The van der Waals surface area contributed by atoms with Gasteiger partial charge in [0.15, 0.2) is 0 Å². The zero-order valence-corrected chi connectivity index (χ0v) is 27.1. The standard InChI is InChI=1S/C41H39N3O/c1-24(2)30-15-18-37(45)40-31(30)14-17-34(43-40)28-12-16-33-36(22-28)44(35-11-9-8-10-32(35)41(33,6)7)38-19-13-29(23-42-38)39-26(4)20-25(3)21-27(39)5/h8-24,45H,1-7H3. The second-order valence-corrected chi connectivity index (χ2v) is 13.3. The zero-order chi connectivity index (χ0) is 31.6. The van der Waals surface area contributed by atoms with Gasteiger partial charge in [-0.2, -0.15) is 0 Å². The summed E-state index contributed by atoms with van der Waals surface area (Å²) in [6, 6.07) is 32.0. The van der Waals surface area contributed by atoms with Crippen LogP contribution < -0.4 is 4.90 Å². The van der Waals surface area contributed by atoms with Crippen molar-refractivity contribution in [1.82, 2.24) is 9.97 Å². The van der Waals surface area contributed by atoms with Crippen molar-refractivity contribution in [3.8, 4) is 28.1 Å². The monoisotopic (exact) mass is 589 g/mol. The van der Waals surface area contributed by atoms with E-state index in [2.05, 4.69) is 132 Å². The number of para-hydroxylation sites is 1. The number of rotatable bonds is 4. The molecule has 0 radical (unpaired) electrons. The molecule has 224 valence electrons. The van der Waals surface area contributed by atoms with Gasteiger partial charge in [-0.05, 0) is 96.5 Å². The summed E-state index contributed by atoms with van der Waals surface area (Å²) in [4.78, 5) is 12.4. The molecule has 0 unspecified atom stereocenters. The molecule has 0 saturated heterocycles.